The van der Waals surface area contributed by atoms with Crippen molar-refractivity contribution in [1.29, 1.82) is 0 Å². The number of aliphatic hydroxyl groups excluding tert-OH is 3. The molecule has 0 heterocycles. The van der Waals surface area contributed by atoms with Gasteiger partial charge < -0.3 is 24.8 Å². The first-order valence-corrected chi connectivity index (χ1v) is 7.93. The Labute approximate surface area is 142 Å². The summed E-state index contributed by atoms with van der Waals surface area (Å²) < 4.78 is 9.52. The van der Waals surface area contributed by atoms with Gasteiger partial charge in [-0.3, -0.25) is 0 Å². The van der Waals surface area contributed by atoms with E-state index in [-0.39, 0.29) is 0 Å². The molecule has 0 unspecified atom stereocenters. The van der Waals surface area contributed by atoms with Crippen LogP contribution in [-0.2, 0) is 19.1 Å². The number of ether oxygens (including phenoxy) is 2. The maximum absolute atomic E-state index is 11.6. The molecule has 0 saturated carbocycles. The lowest BCUT2D eigenvalue weighted by Gasteiger charge is -2.13. The molecule has 7 heteroatoms. The summed E-state index contributed by atoms with van der Waals surface area (Å²) in [7, 11) is 1.25. The second-order valence-corrected chi connectivity index (χ2v) is 5.63. The summed E-state index contributed by atoms with van der Waals surface area (Å²) in [5.41, 5.74) is 0. The molecule has 0 radical (unpaired) electrons. The van der Waals surface area contributed by atoms with E-state index in [9.17, 15) is 19.8 Å². The van der Waals surface area contributed by atoms with E-state index in [2.05, 4.69) is 4.74 Å². The maximum Gasteiger partial charge on any atom is 0.330 e. The molecule has 0 amide bonds. The molecular weight excluding hydrogens is 316 g/mol. The zero-order chi connectivity index (χ0) is 18.5. The smallest absolute Gasteiger partial charge is 0.330 e. The van der Waals surface area contributed by atoms with Gasteiger partial charge in [0, 0.05) is 12.2 Å². The van der Waals surface area contributed by atoms with Crippen molar-refractivity contribution in [2.24, 2.45) is 0 Å². The fourth-order valence-corrected chi connectivity index (χ4v) is 1.75. The van der Waals surface area contributed by atoms with Crippen molar-refractivity contribution >= 4 is 11.9 Å². The molecule has 0 saturated heterocycles. The summed E-state index contributed by atoms with van der Waals surface area (Å²) in [5, 5.41) is 28.4. The third kappa shape index (κ3) is 12.8. The lowest BCUT2D eigenvalue weighted by atomic mass is 10.1. The van der Waals surface area contributed by atoms with Crippen LogP contribution in [0.25, 0.3) is 0 Å². The summed E-state index contributed by atoms with van der Waals surface area (Å²) in [6.45, 7) is 3.31. The van der Waals surface area contributed by atoms with E-state index in [1.54, 1.807) is 13.8 Å². The van der Waals surface area contributed by atoms with Crippen LogP contribution in [0.5, 0.6) is 0 Å². The van der Waals surface area contributed by atoms with Crippen LogP contribution in [0.1, 0.15) is 39.5 Å². The summed E-state index contributed by atoms with van der Waals surface area (Å²) in [4.78, 5) is 22.5. The van der Waals surface area contributed by atoms with Crippen molar-refractivity contribution in [3.8, 4) is 0 Å². The zero-order valence-electron chi connectivity index (χ0n) is 14.4. The van der Waals surface area contributed by atoms with Crippen molar-refractivity contribution in [1.82, 2.24) is 0 Å². The fraction of sp³-hybridized carbons (Fsp3) is 0.647. The molecular formula is C17H28O7. The van der Waals surface area contributed by atoms with E-state index in [0.717, 1.165) is 12.2 Å². The van der Waals surface area contributed by atoms with Crippen LogP contribution < -0.4 is 0 Å². The Hall–Kier alpha value is -1.70. The normalized spacial score (nSPS) is 16.8. The van der Waals surface area contributed by atoms with E-state index < -0.39 is 36.4 Å². The van der Waals surface area contributed by atoms with E-state index >= 15 is 0 Å². The number of carbonyl (C=O) groups is 2. The van der Waals surface area contributed by atoms with Crippen LogP contribution in [0.2, 0.25) is 0 Å². The van der Waals surface area contributed by atoms with Gasteiger partial charge in [-0.1, -0.05) is 0 Å². The first-order chi connectivity index (χ1) is 11.2. The molecule has 0 bridgehead atoms. The van der Waals surface area contributed by atoms with Gasteiger partial charge in [0.15, 0.2) is 0 Å². The Morgan fingerprint density at radius 1 is 0.875 bits per heavy atom. The highest BCUT2D eigenvalue weighted by Crippen LogP contribution is 2.08. The highest BCUT2D eigenvalue weighted by Gasteiger charge is 2.10. The Morgan fingerprint density at radius 2 is 1.38 bits per heavy atom. The molecule has 0 aromatic carbocycles. The molecule has 4 atom stereocenters. The molecule has 24 heavy (non-hydrogen) atoms. The number of hydrogen-bond donors (Lipinski definition) is 3. The minimum atomic E-state index is -0.830. The molecule has 0 aromatic rings. The largest absolute Gasteiger partial charge is 0.466 e. The third-order valence-electron chi connectivity index (χ3n) is 3.18. The average Bonchev–Trinajstić information content (AvgIpc) is 2.53. The number of aliphatic hydroxyl groups is 3. The molecule has 0 aliphatic carbocycles. The predicted octanol–water partition coefficient (Wildman–Crippen LogP) is 0.866. The number of hydrogen-bond acceptors (Lipinski definition) is 7. The van der Waals surface area contributed by atoms with Gasteiger partial charge >= 0.3 is 11.9 Å². The van der Waals surface area contributed by atoms with Crippen LogP contribution in [0.4, 0.5) is 0 Å². The number of esters is 2. The molecule has 0 aromatic heterocycles. The van der Waals surface area contributed by atoms with E-state index in [1.165, 1.54) is 19.3 Å². The fourth-order valence-electron chi connectivity index (χ4n) is 1.75. The van der Waals surface area contributed by atoms with Gasteiger partial charge in [-0.25, -0.2) is 9.59 Å². The molecule has 0 aliphatic heterocycles. The molecule has 7 nitrogen and oxygen atoms in total. The lowest BCUT2D eigenvalue weighted by Crippen LogP contribution is -2.16. The quantitative estimate of drug-likeness (QED) is 0.376. The van der Waals surface area contributed by atoms with Crippen molar-refractivity contribution in [2.45, 2.75) is 63.9 Å². The van der Waals surface area contributed by atoms with Gasteiger partial charge in [-0.15, -0.1) is 0 Å². The Kier molecular flexibility index (Phi) is 11.8. The Bertz CT molecular complexity index is 429. The van der Waals surface area contributed by atoms with Crippen LogP contribution in [-0.4, -0.2) is 58.8 Å². The first-order valence-electron chi connectivity index (χ1n) is 7.93. The summed E-state index contributed by atoms with van der Waals surface area (Å²) in [5.74, 6) is -1.13. The van der Waals surface area contributed by atoms with Gasteiger partial charge in [0.1, 0.15) is 0 Å². The number of carbonyl (C=O) groups excluding carboxylic acids is 2. The van der Waals surface area contributed by atoms with Gasteiger partial charge in [-0.2, -0.15) is 0 Å². The topological polar surface area (TPSA) is 113 Å². The molecule has 0 spiro atoms. The van der Waals surface area contributed by atoms with Crippen molar-refractivity contribution in [3.05, 3.63) is 24.3 Å². The molecule has 0 aliphatic rings. The second-order valence-electron chi connectivity index (χ2n) is 5.63. The summed E-state index contributed by atoms with van der Waals surface area (Å²) >= 11 is 0. The predicted molar refractivity (Wildman–Crippen MR) is 88.0 cm³/mol. The van der Waals surface area contributed by atoms with Crippen LogP contribution in [0, 0.1) is 0 Å². The zero-order valence-corrected chi connectivity index (χ0v) is 14.4. The molecule has 0 rings (SSSR count). The van der Waals surface area contributed by atoms with Crippen LogP contribution >= 0.6 is 0 Å². The van der Waals surface area contributed by atoms with Crippen molar-refractivity contribution in [3.63, 3.8) is 0 Å². The van der Waals surface area contributed by atoms with Gasteiger partial charge in [0.2, 0.25) is 0 Å². The van der Waals surface area contributed by atoms with Crippen LogP contribution in [0.3, 0.4) is 0 Å². The Morgan fingerprint density at radius 3 is 1.88 bits per heavy atom. The van der Waals surface area contributed by atoms with Crippen LogP contribution in [0.15, 0.2) is 24.3 Å². The number of methoxy groups -OCH3 is 1. The minimum absolute atomic E-state index is 0.322. The lowest BCUT2D eigenvalue weighted by molar-refractivity contribution is -0.142. The molecule has 138 valence electrons. The monoisotopic (exact) mass is 344 g/mol. The maximum atomic E-state index is 11.6. The minimum Gasteiger partial charge on any atom is -0.466 e. The van der Waals surface area contributed by atoms with Crippen molar-refractivity contribution < 1.29 is 34.4 Å². The van der Waals surface area contributed by atoms with Gasteiger partial charge in [0.05, 0.1) is 31.5 Å². The van der Waals surface area contributed by atoms with Gasteiger partial charge in [-0.05, 0) is 51.7 Å². The highest BCUT2D eigenvalue weighted by atomic mass is 16.5. The SMILES string of the molecule is COC(=O)C=C[C@@H](O)CC[C@@H](C)OC(=O)C=C[C@@H](O)CC[C@@H](C)O. The van der Waals surface area contributed by atoms with Crippen molar-refractivity contribution in [2.75, 3.05) is 7.11 Å². The van der Waals surface area contributed by atoms with E-state index in [1.807, 2.05) is 0 Å². The first kappa shape index (κ1) is 22.3. The third-order valence-corrected chi connectivity index (χ3v) is 3.18. The standard InChI is InChI=1S/C17H28O7/c1-12(18)4-6-14(19)9-11-17(22)24-13(2)5-7-15(20)8-10-16(21)23-3/h8-15,18-20H,4-7H2,1-3H3/t12-,13-,14+,15+/m1/s1. The molecule has 0 fully saturated rings. The average molecular weight is 344 g/mol. The van der Waals surface area contributed by atoms with E-state index in [4.69, 9.17) is 9.84 Å². The number of rotatable bonds is 11. The second kappa shape index (κ2) is 12.7. The van der Waals surface area contributed by atoms with E-state index in [0.29, 0.717) is 25.7 Å². The summed E-state index contributed by atoms with van der Waals surface area (Å²) in [6.07, 6.45) is 3.90. The highest BCUT2D eigenvalue weighted by molar-refractivity contribution is 5.82. The molecule has 3 N–H and O–H groups in total. The van der Waals surface area contributed by atoms with Gasteiger partial charge in [0.25, 0.3) is 0 Å². The summed E-state index contributed by atoms with van der Waals surface area (Å²) in [6, 6.07) is 0. The Balaban J connectivity index is 4.05.